The minimum atomic E-state index is 0.766. The number of hydrogen-bond donors (Lipinski definition) is 1. The molecule has 1 aliphatic rings. The molecule has 1 fully saturated rings. The van der Waals surface area contributed by atoms with Crippen LogP contribution in [0.25, 0.3) is 11.1 Å². The second kappa shape index (κ2) is 4.98. The van der Waals surface area contributed by atoms with Crippen molar-refractivity contribution in [1.82, 2.24) is 10.3 Å². The van der Waals surface area contributed by atoms with Gasteiger partial charge in [0.1, 0.15) is 5.52 Å². The van der Waals surface area contributed by atoms with Crippen LogP contribution in [0.15, 0.2) is 22.6 Å². The molecule has 0 bridgehead atoms. The van der Waals surface area contributed by atoms with Crippen LogP contribution in [-0.2, 0) is 6.42 Å². The molecule has 2 aromatic rings. The van der Waals surface area contributed by atoms with Gasteiger partial charge in [-0.1, -0.05) is 13.0 Å². The number of nitrogens with zero attached hydrogens (tertiary/aromatic N) is 2. The van der Waals surface area contributed by atoms with E-state index in [1.807, 2.05) is 6.07 Å². The van der Waals surface area contributed by atoms with E-state index in [-0.39, 0.29) is 0 Å². The topological polar surface area (TPSA) is 41.3 Å². The van der Waals surface area contributed by atoms with E-state index in [4.69, 9.17) is 4.42 Å². The van der Waals surface area contributed by atoms with Gasteiger partial charge >= 0.3 is 0 Å². The van der Waals surface area contributed by atoms with Crippen molar-refractivity contribution in [1.29, 1.82) is 0 Å². The maximum atomic E-state index is 5.85. The van der Waals surface area contributed by atoms with Crippen LogP contribution in [-0.4, -0.2) is 31.2 Å². The van der Waals surface area contributed by atoms with E-state index in [2.05, 4.69) is 34.3 Å². The molecule has 4 nitrogen and oxygen atoms in total. The molecule has 18 heavy (non-hydrogen) atoms. The summed E-state index contributed by atoms with van der Waals surface area (Å²) in [5, 5.41) is 3.39. The van der Waals surface area contributed by atoms with Gasteiger partial charge in [0, 0.05) is 19.6 Å². The molecule has 1 aliphatic heterocycles. The van der Waals surface area contributed by atoms with E-state index < -0.39 is 0 Å². The molecule has 2 heterocycles. The van der Waals surface area contributed by atoms with Crippen LogP contribution in [0.1, 0.15) is 18.9 Å². The molecule has 0 amide bonds. The molecule has 1 aromatic heterocycles. The van der Waals surface area contributed by atoms with Gasteiger partial charge in [-0.25, -0.2) is 0 Å². The number of nitrogens with one attached hydrogen (secondary N) is 1. The lowest BCUT2D eigenvalue weighted by molar-refractivity contribution is 0.571. The van der Waals surface area contributed by atoms with Gasteiger partial charge in [-0.05, 0) is 37.1 Å². The van der Waals surface area contributed by atoms with E-state index in [1.165, 1.54) is 5.56 Å². The highest BCUT2D eigenvalue weighted by molar-refractivity contribution is 5.75. The summed E-state index contributed by atoms with van der Waals surface area (Å²) in [4.78, 5) is 6.85. The number of anilines is 1. The number of fused-ring (bicyclic) bond motifs is 1. The second-order valence-corrected chi connectivity index (χ2v) is 4.74. The van der Waals surface area contributed by atoms with Crippen molar-refractivity contribution in [3.63, 3.8) is 0 Å². The van der Waals surface area contributed by atoms with Crippen molar-refractivity contribution in [3.05, 3.63) is 23.8 Å². The zero-order chi connectivity index (χ0) is 12.4. The van der Waals surface area contributed by atoms with Crippen molar-refractivity contribution in [3.8, 4) is 0 Å². The Bertz CT molecular complexity index is 527. The zero-order valence-electron chi connectivity index (χ0n) is 10.8. The number of benzene rings is 1. The van der Waals surface area contributed by atoms with Gasteiger partial charge in [-0.3, -0.25) is 0 Å². The molecule has 96 valence electrons. The van der Waals surface area contributed by atoms with Crippen LogP contribution in [0.5, 0.6) is 0 Å². The van der Waals surface area contributed by atoms with Crippen LogP contribution < -0.4 is 10.2 Å². The normalized spacial score (nSPS) is 17.1. The summed E-state index contributed by atoms with van der Waals surface area (Å²) in [6.45, 7) is 6.21. The summed E-state index contributed by atoms with van der Waals surface area (Å²) in [6.07, 6.45) is 2.17. The maximum Gasteiger partial charge on any atom is 0.298 e. The SMILES string of the molecule is CCc1ccc2oc(N3CCCNCC3)nc2c1. The average Bonchev–Trinajstić information content (AvgIpc) is 2.63. The monoisotopic (exact) mass is 245 g/mol. The first-order chi connectivity index (χ1) is 8.86. The summed E-state index contributed by atoms with van der Waals surface area (Å²) in [7, 11) is 0. The Morgan fingerprint density at radius 2 is 2.28 bits per heavy atom. The number of aryl methyl sites for hydroxylation is 1. The largest absolute Gasteiger partial charge is 0.423 e. The van der Waals surface area contributed by atoms with Crippen molar-refractivity contribution >= 4 is 17.1 Å². The molecule has 0 saturated carbocycles. The molecule has 1 saturated heterocycles. The van der Waals surface area contributed by atoms with Crippen LogP contribution >= 0.6 is 0 Å². The van der Waals surface area contributed by atoms with Gasteiger partial charge in [-0.15, -0.1) is 0 Å². The van der Waals surface area contributed by atoms with Crippen molar-refractivity contribution in [2.45, 2.75) is 19.8 Å². The fraction of sp³-hybridized carbons (Fsp3) is 0.500. The Hall–Kier alpha value is -1.55. The van der Waals surface area contributed by atoms with Crippen molar-refractivity contribution in [2.24, 2.45) is 0 Å². The number of rotatable bonds is 2. The number of oxazole rings is 1. The summed E-state index contributed by atoms with van der Waals surface area (Å²) >= 11 is 0. The molecule has 3 rings (SSSR count). The van der Waals surface area contributed by atoms with Crippen LogP contribution in [0.2, 0.25) is 0 Å². The Morgan fingerprint density at radius 1 is 1.33 bits per heavy atom. The minimum Gasteiger partial charge on any atom is -0.423 e. The first-order valence-corrected chi connectivity index (χ1v) is 6.72. The summed E-state index contributed by atoms with van der Waals surface area (Å²) in [5.74, 6) is 0. The van der Waals surface area contributed by atoms with E-state index in [1.54, 1.807) is 0 Å². The standard InChI is InChI=1S/C14H19N3O/c1-2-11-4-5-13-12(10-11)16-14(18-13)17-8-3-6-15-7-9-17/h4-5,10,15H,2-3,6-9H2,1H3. The van der Waals surface area contributed by atoms with Crippen LogP contribution in [0.3, 0.4) is 0 Å². The fourth-order valence-corrected chi connectivity index (χ4v) is 2.35. The van der Waals surface area contributed by atoms with Gasteiger partial charge in [0.05, 0.1) is 0 Å². The number of hydrogen-bond acceptors (Lipinski definition) is 4. The Morgan fingerprint density at radius 3 is 3.17 bits per heavy atom. The first kappa shape index (κ1) is 11.5. The summed E-state index contributed by atoms with van der Waals surface area (Å²) in [5.41, 5.74) is 3.17. The fourth-order valence-electron chi connectivity index (χ4n) is 2.35. The van der Waals surface area contributed by atoms with Gasteiger partial charge in [0.25, 0.3) is 6.01 Å². The molecule has 1 N–H and O–H groups in total. The van der Waals surface area contributed by atoms with Crippen molar-refractivity contribution in [2.75, 3.05) is 31.1 Å². The molecular formula is C14H19N3O. The maximum absolute atomic E-state index is 5.85. The third-order valence-corrected chi connectivity index (χ3v) is 3.46. The molecule has 0 atom stereocenters. The Kier molecular flexibility index (Phi) is 3.19. The quantitative estimate of drug-likeness (QED) is 0.880. The lowest BCUT2D eigenvalue weighted by atomic mass is 10.1. The number of aromatic nitrogens is 1. The second-order valence-electron chi connectivity index (χ2n) is 4.74. The van der Waals surface area contributed by atoms with E-state index in [9.17, 15) is 0 Å². The van der Waals surface area contributed by atoms with E-state index in [0.717, 1.165) is 56.1 Å². The third-order valence-electron chi connectivity index (χ3n) is 3.46. The van der Waals surface area contributed by atoms with Gasteiger partial charge in [0.15, 0.2) is 5.58 Å². The molecule has 0 radical (unpaired) electrons. The lowest BCUT2D eigenvalue weighted by Gasteiger charge is -2.16. The Labute approximate surface area is 107 Å². The van der Waals surface area contributed by atoms with Gasteiger partial charge in [-0.2, -0.15) is 4.98 Å². The smallest absolute Gasteiger partial charge is 0.298 e. The summed E-state index contributed by atoms with van der Waals surface area (Å²) in [6, 6.07) is 7.03. The molecule has 0 spiro atoms. The predicted octanol–water partition coefficient (Wildman–Crippen LogP) is 2.19. The van der Waals surface area contributed by atoms with E-state index >= 15 is 0 Å². The van der Waals surface area contributed by atoms with Crippen molar-refractivity contribution < 1.29 is 4.42 Å². The molecule has 0 aliphatic carbocycles. The molecular weight excluding hydrogens is 226 g/mol. The highest BCUT2D eigenvalue weighted by Gasteiger charge is 2.15. The predicted molar refractivity (Wildman–Crippen MR) is 73.1 cm³/mol. The highest BCUT2D eigenvalue weighted by Crippen LogP contribution is 2.23. The van der Waals surface area contributed by atoms with E-state index in [0.29, 0.717) is 0 Å². The molecule has 1 aromatic carbocycles. The summed E-state index contributed by atoms with van der Waals surface area (Å²) < 4.78 is 5.85. The van der Waals surface area contributed by atoms with Gasteiger partial charge < -0.3 is 14.6 Å². The zero-order valence-corrected chi connectivity index (χ0v) is 10.8. The van der Waals surface area contributed by atoms with Crippen LogP contribution in [0.4, 0.5) is 6.01 Å². The molecule has 0 unspecified atom stereocenters. The minimum absolute atomic E-state index is 0.766. The van der Waals surface area contributed by atoms with Gasteiger partial charge in [0.2, 0.25) is 0 Å². The first-order valence-electron chi connectivity index (χ1n) is 6.72. The average molecular weight is 245 g/mol. The third kappa shape index (κ3) is 2.20. The lowest BCUT2D eigenvalue weighted by Crippen LogP contribution is -2.27. The van der Waals surface area contributed by atoms with Crippen LogP contribution in [0, 0.1) is 0 Å². The highest BCUT2D eigenvalue weighted by atomic mass is 16.4. The molecule has 4 heteroatoms. The Balaban J connectivity index is 1.91.